The summed E-state index contributed by atoms with van der Waals surface area (Å²) in [5.74, 6) is 0.611. The number of aliphatic hydroxyl groups is 1. The van der Waals surface area contributed by atoms with Crippen molar-refractivity contribution in [1.29, 1.82) is 0 Å². The second-order valence-corrected chi connectivity index (χ2v) is 7.22. The zero-order valence-electron chi connectivity index (χ0n) is 11.2. The van der Waals surface area contributed by atoms with E-state index in [1.165, 1.54) is 51.4 Å². The van der Waals surface area contributed by atoms with Crippen LogP contribution in [0.5, 0.6) is 0 Å². The predicted molar refractivity (Wildman–Crippen MR) is 69.4 cm³/mol. The third-order valence-corrected chi connectivity index (χ3v) is 5.65. The van der Waals surface area contributed by atoms with Crippen LogP contribution >= 0.6 is 0 Å². The van der Waals surface area contributed by atoms with Gasteiger partial charge in [0.05, 0.1) is 17.3 Å². The Morgan fingerprint density at radius 2 is 1.78 bits per heavy atom. The van der Waals surface area contributed by atoms with Gasteiger partial charge in [-0.05, 0) is 44.4 Å². The fourth-order valence-corrected chi connectivity index (χ4v) is 4.44. The Kier molecular flexibility index (Phi) is 2.56. The molecule has 2 aliphatic heterocycles. The molecule has 18 heavy (non-hydrogen) atoms. The second-order valence-electron chi connectivity index (χ2n) is 7.22. The summed E-state index contributed by atoms with van der Waals surface area (Å²) in [6, 6.07) is 0. The van der Waals surface area contributed by atoms with Crippen LogP contribution in [0.1, 0.15) is 51.4 Å². The number of hydrogen-bond donors (Lipinski definition) is 1. The topological polar surface area (TPSA) is 32.7 Å². The lowest BCUT2D eigenvalue weighted by Gasteiger charge is -2.48. The summed E-state index contributed by atoms with van der Waals surface area (Å²) >= 11 is 0. The molecule has 0 aromatic rings. The van der Waals surface area contributed by atoms with Crippen LogP contribution in [0.15, 0.2) is 0 Å². The van der Waals surface area contributed by atoms with Gasteiger partial charge in [0, 0.05) is 19.6 Å². The normalized spacial score (nSPS) is 38.2. The first kappa shape index (κ1) is 11.7. The molecule has 2 aliphatic carbocycles. The summed E-state index contributed by atoms with van der Waals surface area (Å²) in [5, 5.41) is 10.3. The molecule has 4 aliphatic rings. The Morgan fingerprint density at radius 3 is 2.44 bits per heavy atom. The van der Waals surface area contributed by atoms with Gasteiger partial charge in [-0.15, -0.1) is 0 Å². The van der Waals surface area contributed by atoms with E-state index in [-0.39, 0.29) is 11.2 Å². The molecule has 4 fully saturated rings. The fraction of sp³-hybridized carbons (Fsp3) is 1.00. The van der Waals surface area contributed by atoms with Crippen LogP contribution in [-0.4, -0.2) is 46.9 Å². The quantitative estimate of drug-likeness (QED) is 0.832. The molecule has 0 aromatic heterocycles. The number of hydrogen-bond acceptors (Lipinski definition) is 3. The lowest BCUT2D eigenvalue weighted by atomic mass is 9.88. The average Bonchev–Trinajstić information content (AvgIpc) is 2.97. The Labute approximate surface area is 109 Å². The Balaban J connectivity index is 1.27. The van der Waals surface area contributed by atoms with E-state index in [2.05, 4.69) is 4.90 Å². The number of likely N-dealkylation sites (tertiary alicyclic amines) is 1. The molecule has 1 N–H and O–H groups in total. The van der Waals surface area contributed by atoms with Crippen molar-refractivity contribution in [2.45, 2.75) is 68.7 Å². The van der Waals surface area contributed by atoms with E-state index >= 15 is 0 Å². The summed E-state index contributed by atoms with van der Waals surface area (Å²) in [4.78, 5) is 2.40. The molecule has 1 atom stereocenters. The van der Waals surface area contributed by atoms with Crippen LogP contribution < -0.4 is 0 Å². The SMILES string of the molecule is OC1(C2CC2)CN(CC2CCC3(CCCC3)O2)C1. The number of ether oxygens (including phenoxy) is 1. The van der Waals surface area contributed by atoms with Crippen molar-refractivity contribution in [3.63, 3.8) is 0 Å². The van der Waals surface area contributed by atoms with Gasteiger partial charge >= 0.3 is 0 Å². The van der Waals surface area contributed by atoms with E-state index in [1.54, 1.807) is 0 Å². The first-order valence-electron chi connectivity index (χ1n) is 7.80. The second kappa shape index (κ2) is 3.94. The first-order valence-corrected chi connectivity index (χ1v) is 7.80. The van der Waals surface area contributed by atoms with E-state index < -0.39 is 0 Å². The largest absolute Gasteiger partial charge is 0.387 e. The van der Waals surface area contributed by atoms with Crippen molar-refractivity contribution in [3.05, 3.63) is 0 Å². The van der Waals surface area contributed by atoms with Crippen LogP contribution in [0.3, 0.4) is 0 Å². The lowest BCUT2D eigenvalue weighted by Crippen LogP contribution is -2.64. The molecule has 4 rings (SSSR count). The van der Waals surface area contributed by atoms with Crippen LogP contribution in [0.4, 0.5) is 0 Å². The fourth-order valence-electron chi connectivity index (χ4n) is 4.44. The van der Waals surface area contributed by atoms with Crippen LogP contribution in [-0.2, 0) is 4.74 Å². The third-order valence-electron chi connectivity index (χ3n) is 5.65. The molecule has 0 radical (unpaired) electrons. The molecule has 102 valence electrons. The Bertz CT molecular complexity index is 327. The van der Waals surface area contributed by atoms with E-state index in [9.17, 15) is 5.11 Å². The van der Waals surface area contributed by atoms with Gasteiger partial charge in [0.2, 0.25) is 0 Å². The van der Waals surface area contributed by atoms with Crippen LogP contribution in [0, 0.1) is 5.92 Å². The molecular weight excluding hydrogens is 226 g/mol. The van der Waals surface area contributed by atoms with Gasteiger partial charge in [-0.1, -0.05) is 12.8 Å². The minimum atomic E-state index is -0.330. The molecule has 1 unspecified atom stereocenters. The number of β-amino-alcohol motifs (C(OH)–C–C–N with tert-alkyl or cyclic N) is 1. The van der Waals surface area contributed by atoms with Gasteiger partial charge in [0.1, 0.15) is 0 Å². The van der Waals surface area contributed by atoms with E-state index in [0.717, 1.165) is 19.6 Å². The van der Waals surface area contributed by atoms with Gasteiger partial charge in [-0.25, -0.2) is 0 Å². The zero-order chi connectivity index (χ0) is 12.2. The van der Waals surface area contributed by atoms with Crippen molar-refractivity contribution < 1.29 is 9.84 Å². The standard InChI is InChI=1S/C15H25NO2/c17-15(12-3-4-12)10-16(11-15)9-13-5-8-14(18-13)6-1-2-7-14/h12-13,17H,1-11H2. The van der Waals surface area contributed by atoms with Gasteiger partial charge in [-0.3, -0.25) is 4.90 Å². The molecule has 0 bridgehead atoms. The maximum Gasteiger partial charge on any atom is 0.0928 e. The smallest absolute Gasteiger partial charge is 0.0928 e. The third kappa shape index (κ3) is 1.91. The zero-order valence-corrected chi connectivity index (χ0v) is 11.2. The summed E-state index contributed by atoms with van der Waals surface area (Å²) in [6.45, 7) is 2.84. The molecule has 3 nitrogen and oxygen atoms in total. The van der Waals surface area contributed by atoms with Crippen LogP contribution in [0.2, 0.25) is 0 Å². The molecule has 0 amide bonds. The number of rotatable bonds is 3. The average molecular weight is 251 g/mol. The highest BCUT2D eigenvalue weighted by molar-refractivity contribution is 5.06. The number of nitrogens with zero attached hydrogens (tertiary/aromatic N) is 1. The summed E-state index contributed by atoms with van der Waals surface area (Å²) in [6.07, 6.45) is 10.7. The predicted octanol–water partition coefficient (Wildman–Crippen LogP) is 1.93. The van der Waals surface area contributed by atoms with Gasteiger partial charge in [0.25, 0.3) is 0 Å². The summed E-state index contributed by atoms with van der Waals surface area (Å²) in [5.41, 5.74) is -0.0635. The molecule has 2 saturated carbocycles. The molecule has 3 heteroatoms. The summed E-state index contributed by atoms with van der Waals surface area (Å²) in [7, 11) is 0. The highest BCUT2D eigenvalue weighted by Gasteiger charge is 2.52. The maximum absolute atomic E-state index is 10.3. The molecular formula is C15H25NO2. The van der Waals surface area contributed by atoms with Crippen molar-refractivity contribution in [1.82, 2.24) is 4.90 Å². The molecule has 2 heterocycles. The van der Waals surface area contributed by atoms with Crippen molar-refractivity contribution >= 4 is 0 Å². The maximum atomic E-state index is 10.3. The summed E-state index contributed by atoms with van der Waals surface area (Å²) < 4.78 is 6.34. The minimum Gasteiger partial charge on any atom is -0.387 e. The van der Waals surface area contributed by atoms with Gasteiger partial charge in [0.15, 0.2) is 0 Å². The van der Waals surface area contributed by atoms with Crippen molar-refractivity contribution in [2.24, 2.45) is 5.92 Å². The Hall–Kier alpha value is -0.120. The molecule has 0 aromatic carbocycles. The van der Waals surface area contributed by atoms with E-state index in [4.69, 9.17) is 4.74 Å². The van der Waals surface area contributed by atoms with Gasteiger partial charge < -0.3 is 9.84 Å². The van der Waals surface area contributed by atoms with Crippen molar-refractivity contribution in [3.8, 4) is 0 Å². The van der Waals surface area contributed by atoms with Crippen molar-refractivity contribution in [2.75, 3.05) is 19.6 Å². The molecule has 1 spiro atoms. The van der Waals surface area contributed by atoms with Crippen LogP contribution in [0.25, 0.3) is 0 Å². The van der Waals surface area contributed by atoms with Gasteiger partial charge in [-0.2, -0.15) is 0 Å². The lowest BCUT2D eigenvalue weighted by molar-refractivity contribution is -0.132. The Morgan fingerprint density at radius 1 is 1.06 bits per heavy atom. The monoisotopic (exact) mass is 251 g/mol. The highest BCUT2D eigenvalue weighted by Crippen LogP contribution is 2.46. The minimum absolute atomic E-state index is 0.266. The van der Waals surface area contributed by atoms with E-state index in [1.807, 2.05) is 0 Å². The first-order chi connectivity index (χ1) is 8.68. The molecule has 2 saturated heterocycles. The highest BCUT2D eigenvalue weighted by atomic mass is 16.5. The van der Waals surface area contributed by atoms with E-state index in [0.29, 0.717) is 12.0 Å².